The van der Waals surface area contributed by atoms with E-state index < -0.39 is 0 Å². The van der Waals surface area contributed by atoms with Gasteiger partial charge in [0.15, 0.2) is 0 Å². The summed E-state index contributed by atoms with van der Waals surface area (Å²) in [5.41, 5.74) is 2.25. The molecule has 3 aromatic rings. The monoisotopic (exact) mass is 355 g/mol. The number of likely N-dealkylation sites (tertiary alicyclic amines) is 1. The molecule has 2 aromatic heterocycles. The number of nitrogens with zero attached hydrogens (tertiary/aromatic N) is 3. The number of aromatic nitrogens is 2. The summed E-state index contributed by atoms with van der Waals surface area (Å²) in [6, 6.07) is 10.2. The average molecular weight is 355 g/mol. The van der Waals surface area contributed by atoms with Gasteiger partial charge in [-0.15, -0.1) is 10.2 Å². The molecule has 0 atom stereocenters. The standard InChI is InChI=1S/C19H21N3O2S/c1-23-17-5-3-2-4-15(17)12-22-9-6-14(7-10-22)18-20-21-19(24-18)16-8-11-25-13-16/h2-5,8,11,13-14H,6-7,9-10,12H2,1H3. The first kappa shape index (κ1) is 16.3. The SMILES string of the molecule is COc1ccccc1CN1CCC(c2nnc(-c3ccsc3)o2)CC1. The van der Waals surface area contributed by atoms with Crippen molar-refractivity contribution < 1.29 is 9.15 Å². The van der Waals surface area contributed by atoms with Crippen molar-refractivity contribution in [3.05, 3.63) is 52.5 Å². The van der Waals surface area contributed by atoms with E-state index in [1.54, 1.807) is 18.4 Å². The second kappa shape index (κ2) is 7.37. The van der Waals surface area contributed by atoms with Crippen molar-refractivity contribution in [3.63, 3.8) is 0 Å². The highest BCUT2D eigenvalue weighted by atomic mass is 32.1. The average Bonchev–Trinajstić information content (AvgIpc) is 3.34. The maximum Gasteiger partial charge on any atom is 0.248 e. The van der Waals surface area contributed by atoms with Crippen molar-refractivity contribution in [2.45, 2.75) is 25.3 Å². The van der Waals surface area contributed by atoms with Crippen molar-refractivity contribution >= 4 is 11.3 Å². The lowest BCUT2D eigenvalue weighted by molar-refractivity contribution is 0.191. The highest BCUT2D eigenvalue weighted by molar-refractivity contribution is 7.08. The second-order valence-electron chi connectivity index (χ2n) is 6.32. The molecule has 0 unspecified atom stereocenters. The van der Waals surface area contributed by atoms with Crippen LogP contribution in [0.4, 0.5) is 0 Å². The lowest BCUT2D eigenvalue weighted by atomic mass is 9.96. The van der Waals surface area contributed by atoms with E-state index in [-0.39, 0.29) is 0 Å². The Labute approximate surface area is 151 Å². The molecule has 25 heavy (non-hydrogen) atoms. The largest absolute Gasteiger partial charge is 0.496 e. The van der Waals surface area contributed by atoms with Crippen LogP contribution in [0.3, 0.4) is 0 Å². The van der Waals surface area contributed by atoms with Gasteiger partial charge in [-0.2, -0.15) is 11.3 Å². The highest BCUT2D eigenvalue weighted by Gasteiger charge is 2.25. The van der Waals surface area contributed by atoms with E-state index in [1.807, 2.05) is 29.0 Å². The molecular weight excluding hydrogens is 334 g/mol. The second-order valence-corrected chi connectivity index (χ2v) is 7.10. The van der Waals surface area contributed by atoms with Crippen LogP contribution in [-0.2, 0) is 6.54 Å². The predicted molar refractivity (Wildman–Crippen MR) is 97.9 cm³/mol. The van der Waals surface area contributed by atoms with E-state index in [0.29, 0.717) is 11.8 Å². The summed E-state index contributed by atoms with van der Waals surface area (Å²) in [4.78, 5) is 2.46. The Morgan fingerprint density at radius 2 is 2.04 bits per heavy atom. The van der Waals surface area contributed by atoms with Gasteiger partial charge < -0.3 is 9.15 Å². The normalized spacial score (nSPS) is 16.2. The number of rotatable bonds is 5. The lowest BCUT2D eigenvalue weighted by Gasteiger charge is -2.30. The van der Waals surface area contributed by atoms with Crippen LogP contribution in [0, 0.1) is 0 Å². The van der Waals surface area contributed by atoms with E-state index in [0.717, 1.165) is 49.7 Å². The highest BCUT2D eigenvalue weighted by Crippen LogP contribution is 2.31. The van der Waals surface area contributed by atoms with Crippen molar-refractivity contribution in [1.82, 2.24) is 15.1 Å². The Hall–Kier alpha value is -2.18. The van der Waals surface area contributed by atoms with Crippen molar-refractivity contribution in [2.75, 3.05) is 20.2 Å². The Morgan fingerprint density at radius 3 is 2.80 bits per heavy atom. The first-order chi connectivity index (χ1) is 12.3. The Kier molecular flexibility index (Phi) is 4.81. The molecule has 0 bridgehead atoms. The summed E-state index contributed by atoms with van der Waals surface area (Å²) in [5.74, 6) is 2.72. The third kappa shape index (κ3) is 3.60. The molecule has 0 radical (unpaired) electrons. The molecule has 1 saturated heterocycles. The number of benzene rings is 1. The minimum absolute atomic E-state index is 0.355. The number of hydrogen-bond acceptors (Lipinski definition) is 6. The van der Waals surface area contributed by atoms with Gasteiger partial charge in [0.2, 0.25) is 11.8 Å². The smallest absolute Gasteiger partial charge is 0.248 e. The van der Waals surface area contributed by atoms with Gasteiger partial charge in [0.25, 0.3) is 0 Å². The van der Waals surface area contributed by atoms with Gasteiger partial charge >= 0.3 is 0 Å². The van der Waals surface area contributed by atoms with Crippen LogP contribution in [-0.4, -0.2) is 35.3 Å². The molecule has 0 N–H and O–H groups in total. The zero-order valence-electron chi connectivity index (χ0n) is 14.2. The summed E-state index contributed by atoms with van der Waals surface area (Å²) >= 11 is 1.64. The Bertz CT molecular complexity index is 808. The zero-order valence-corrected chi connectivity index (χ0v) is 15.0. The zero-order chi connectivity index (χ0) is 17.1. The van der Waals surface area contributed by atoms with Gasteiger partial charge in [-0.05, 0) is 43.4 Å². The van der Waals surface area contributed by atoms with Crippen LogP contribution in [0.2, 0.25) is 0 Å². The molecule has 0 amide bonds. The van der Waals surface area contributed by atoms with Crippen LogP contribution >= 0.6 is 11.3 Å². The third-order valence-electron chi connectivity index (χ3n) is 4.73. The van der Waals surface area contributed by atoms with Gasteiger partial charge in [-0.1, -0.05) is 18.2 Å². The fourth-order valence-corrected chi connectivity index (χ4v) is 3.94. The van der Waals surface area contributed by atoms with Crippen LogP contribution in [0.1, 0.15) is 30.2 Å². The van der Waals surface area contributed by atoms with E-state index in [9.17, 15) is 0 Å². The lowest BCUT2D eigenvalue weighted by Crippen LogP contribution is -2.32. The molecule has 1 aromatic carbocycles. The van der Waals surface area contributed by atoms with Crippen molar-refractivity contribution in [2.24, 2.45) is 0 Å². The van der Waals surface area contributed by atoms with E-state index >= 15 is 0 Å². The van der Waals surface area contributed by atoms with E-state index in [4.69, 9.17) is 9.15 Å². The molecule has 1 aliphatic rings. The van der Waals surface area contributed by atoms with E-state index in [2.05, 4.69) is 27.2 Å². The first-order valence-electron chi connectivity index (χ1n) is 8.53. The number of ether oxygens (including phenoxy) is 1. The fraction of sp³-hybridized carbons (Fsp3) is 0.368. The number of para-hydroxylation sites is 1. The number of methoxy groups -OCH3 is 1. The molecule has 0 saturated carbocycles. The molecule has 3 heterocycles. The Balaban J connectivity index is 1.37. The number of piperidine rings is 1. The summed E-state index contributed by atoms with van der Waals surface area (Å²) in [5, 5.41) is 12.5. The molecule has 1 aliphatic heterocycles. The summed E-state index contributed by atoms with van der Waals surface area (Å²) in [6.07, 6.45) is 2.08. The quantitative estimate of drug-likeness (QED) is 0.687. The molecule has 0 aliphatic carbocycles. The fourth-order valence-electron chi connectivity index (χ4n) is 3.31. The molecule has 6 heteroatoms. The minimum Gasteiger partial charge on any atom is -0.496 e. The number of hydrogen-bond donors (Lipinski definition) is 0. The number of thiophene rings is 1. The third-order valence-corrected chi connectivity index (χ3v) is 5.42. The Morgan fingerprint density at radius 1 is 1.20 bits per heavy atom. The maximum atomic E-state index is 5.90. The van der Waals surface area contributed by atoms with Gasteiger partial charge in [0.1, 0.15) is 5.75 Å². The van der Waals surface area contributed by atoms with Crippen molar-refractivity contribution in [1.29, 1.82) is 0 Å². The molecule has 5 nitrogen and oxygen atoms in total. The summed E-state index contributed by atoms with van der Waals surface area (Å²) in [6.45, 7) is 2.97. The van der Waals surface area contributed by atoms with E-state index in [1.165, 1.54) is 5.56 Å². The minimum atomic E-state index is 0.355. The maximum absolute atomic E-state index is 5.90. The molecular formula is C19H21N3O2S. The van der Waals surface area contributed by atoms with Gasteiger partial charge in [-0.3, -0.25) is 4.90 Å². The topological polar surface area (TPSA) is 51.4 Å². The molecule has 0 spiro atoms. The predicted octanol–water partition coefficient (Wildman–Crippen LogP) is 4.19. The molecule has 130 valence electrons. The van der Waals surface area contributed by atoms with Gasteiger partial charge in [0, 0.05) is 29.0 Å². The van der Waals surface area contributed by atoms with Gasteiger partial charge in [0.05, 0.1) is 7.11 Å². The van der Waals surface area contributed by atoms with Crippen LogP contribution in [0.15, 0.2) is 45.5 Å². The van der Waals surface area contributed by atoms with Gasteiger partial charge in [-0.25, -0.2) is 0 Å². The van der Waals surface area contributed by atoms with Crippen LogP contribution in [0.5, 0.6) is 5.75 Å². The van der Waals surface area contributed by atoms with Crippen molar-refractivity contribution in [3.8, 4) is 17.2 Å². The summed E-state index contributed by atoms with van der Waals surface area (Å²) in [7, 11) is 1.73. The summed E-state index contributed by atoms with van der Waals surface area (Å²) < 4.78 is 11.4. The van der Waals surface area contributed by atoms with Crippen LogP contribution < -0.4 is 4.74 Å². The van der Waals surface area contributed by atoms with Crippen LogP contribution in [0.25, 0.3) is 11.5 Å². The first-order valence-corrected chi connectivity index (χ1v) is 9.48. The molecule has 1 fully saturated rings. The molecule has 4 rings (SSSR count).